The fraction of sp³-hybridized carbons (Fsp3) is 0.261. The number of aromatic nitrogens is 4. The Morgan fingerprint density at radius 1 is 0.966 bits per heavy atom. The molecule has 0 aliphatic rings. The molecule has 6 heteroatoms. The van der Waals surface area contributed by atoms with Gasteiger partial charge in [0.25, 0.3) is 5.56 Å². The van der Waals surface area contributed by atoms with Crippen LogP contribution < -0.4 is 5.56 Å². The van der Waals surface area contributed by atoms with E-state index in [2.05, 4.69) is 28.9 Å². The molecule has 4 rings (SSSR count). The molecule has 0 saturated heterocycles. The van der Waals surface area contributed by atoms with Crippen molar-refractivity contribution in [1.82, 2.24) is 24.1 Å². The maximum atomic E-state index is 12.5. The van der Waals surface area contributed by atoms with Crippen LogP contribution in [0.1, 0.15) is 28.3 Å². The Labute approximate surface area is 170 Å². The lowest BCUT2D eigenvalue weighted by molar-refractivity contribution is 0.313. The topological polar surface area (TPSA) is 55.4 Å². The van der Waals surface area contributed by atoms with E-state index in [9.17, 15) is 4.79 Å². The van der Waals surface area contributed by atoms with Gasteiger partial charge in [0.15, 0.2) is 0 Å². The molecule has 0 spiro atoms. The van der Waals surface area contributed by atoms with Crippen molar-refractivity contribution in [1.29, 1.82) is 0 Å². The van der Waals surface area contributed by atoms with Gasteiger partial charge >= 0.3 is 0 Å². The second-order valence-electron chi connectivity index (χ2n) is 7.52. The van der Waals surface area contributed by atoms with Crippen LogP contribution in [-0.2, 0) is 13.1 Å². The smallest absolute Gasteiger partial charge is 0.258 e. The van der Waals surface area contributed by atoms with Crippen LogP contribution in [0.5, 0.6) is 0 Å². The highest BCUT2D eigenvalue weighted by molar-refractivity contribution is 5.40. The van der Waals surface area contributed by atoms with E-state index in [1.165, 1.54) is 5.56 Å². The van der Waals surface area contributed by atoms with Crippen LogP contribution in [0, 0.1) is 20.8 Å². The lowest BCUT2D eigenvalue weighted by Crippen LogP contribution is -2.23. The minimum atomic E-state index is -0.0410. The zero-order valence-electron chi connectivity index (χ0n) is 17.3. The van der Waals surface area contributed by atoms with Gasteiger partial charge < -0.3 is 0 Å². The van der Waals surface area contributed by atoms with Gasteiger partial charge in [-0.2, -0.15) is 5.10 Å². The number of fused-ring (bicyclic) bond motifs is 1. The molecule has 3 aromatic heterocycles. The predicted octanol–water partition coefficient (Wildman–Crippen LogP) is 3.44. The van der Waals surface area contributed by atoms with Crippen LogP contribution in [0.2, 0.25) is 0 Å². The summed E-state index contributed by atoms with van der Waals surface area (Å²) in [4.78, 5) is 19.4. The second-order valence-corrected chi connectivity index (χ2v) is 7.52. The first kappa shape index (κ1) is 19.1. The van der Waals surface area contributed by atoms with Crippen LogP contribution in [0.25, 0.3) is 11.3 Å². The van der Waals surface area contributed by atoms with E-state index in [0.29, 0.717) is 12.2 Å². The largest absolute Gasteiger partial charge is 0.296 e. The molecular formula is C23H25N5O. The van der Waals surface area contributed by atoms with Gasteiger partial charge in [-0.3, -0.25) is 14.1 Å². The maximum absolute atomic E-state index is 12.5. The SMILES string of the molecule is Cc1nn(-c2ccccc2)c(C)c1CN(C)Cc1cc(=O)n2c(C)cccc2n1. The Morgan fingerprint density at radius 3 is 2.48 bits per heavy atom. The molecule has 0 amide bonds. The van der Waals surface area contributed by atoms with E-state index in [0.717, 1.165) is 35.0 Å². The minimum absolute atomic E-state index is 0.0410. The standard InChI is InChI=1S/C23H25N5O/c1-16-9-8-12-22-24-19(13-23(29)27(16)22)14-26(4)15-21-17(2)25-28(18(21)3)20-10-6-5-7-11-20/h5-13H,14-15H2,1-4H3. The fourth-order valence-electron chi connectivity index (χ4n) is 3.77. The highest BCUT2D eigenvalue weighted by atomic mass is 16.1. The summed E-state index contributed by atoms with van der Waals surface area (Å²) in [6, 6.07) is 17.5. The molecule has 0 fully saturated rings. The number of rotatable bonds is 5. The number of benzene rings is 1. The molecule has 29 heavy (non-hydrogen) atoms. The summed E-state index contributed by atoms with van der Waals surface area (Å²) in [7, 11) is 2.04. The molecule has 0 aliphatic carbocycles. The number of para-hydroxylation sites is 1. The Kier molecular flexibility index (Phi) is 5.03. The number of hydrogen-bond donors (Lipinski definition) is 0. The van der Waals surface area contributed by atoms with Gasteiger partial charge in [-0.25, -0.2) is 9.67 Å². The summed E-state index contributed by atoms with van der Waals surface area (Å²) < 4.78 is 3.63. The van der Waals surface area contributed by atoms with Crippen molar-refractivity contribution >= 4 is 5.65 Å². The number of aryl methyl sites for hydroxylation is 2. The summed E-state index contributed by atoms with van der Waals surface area (Å²) in [5.74, 6) is 0. The quantitative estimate of drug-likeness (QED) is 0.526. The van der Waals surface area contributed by atoms with Gasteiger partial charge in [-0.05, 0) is 52.1 Å². The van der Waals surface area contributed by atoms with Crippen LogP contribution >= 0.6 is 0 Å². The lowest BCUT2D eigenvalue weighted by Gasteiger charge is -2.17. The molecule has 0 saturated carbocycles. The van der Waals surface area contributed by atoms with Gasteiger partial charge in [-0.15, -0.1) is 0 Å². The molecule has 0 unspecified atom stereocenters. The first-order valence-corrected chi connectivity index (χ1v) is 9.71. The van der Waals surface area contributed by atoms with Gasteiger partial charge in [0.2, 0.25) is 0 Å². The van der Waals surface area contributed by atoms with Gasteiger partial charge in [0.05, 0.1) is 17.1 Å². The van der Waals surface area contributed by atoms with Gasteiger partial charge in [0, 0.05) is 36.1 Å². The molecule has 1 aromatic carbocycles. The van der Waals surface area contributed by atoms with Crippen molar-refractivity contribution in [3.63, 3.8) is 0 Å². The van der Waals surface area contributed by atoms with Crippen molar-refractivity contribution < 1.29 is 0 Å². The van der Waals surface area contributed by atoms with Gasteiger partial charge in [0.1, 0.15) is 5.65 Å². The third-order valence-electron chi connectivity index (χ3n) is 5.24. The molecule has 148 valence electrons. The van der Waals surface area contributed by atoms with E-state index in [1.54, 1.807) is 10.5 Å². The van der Waals surface area contributed by atoms with Crippen LogP contribution in [0.3, 0.4) is 0 Å². The second kappa shape index (κ2) is 7.64. The predicted molar refractivity (Wildman–Crippen MR) is 114 cm³/mol. The molecule has 0 aliphatic heterocycles. The Hall–Kier alpha value is -3.25. The van der Waals surface area contributed by atoms with E-state index in [4.69, 9.17) is 5.10 Å². The van der Waals surface area contributed by atoms with Crippen molar-refractivity contribution in [2.24, 2.45) is 0 Å². The summed E-state index contributed by atoms with van der Waals surface area (Å²) in [6.45, 7) is 7.38. The maximum Gasteiger partial charge on any atom is 0.258 e. The van der Waals surface area contributed by atoms with E-state index < -0.39 is 0 Å². The van der Waals surface area contributed by atoms with E-state index >= 15 is 0 Å². The first-order chi connectivity index (χ1) is 13.9. The summed E-state index contributed by atoms with van der Waals surface area (Å²) in [5, 5.41) is 4.73. The molecule has 0 radical (unpaired) electrons. The molecule has 0 atom stereocenters. The third kappa shape index (κ3) is 3.71. The minimum Gasteiger partial charge on any atom is -0.296 e. The molecule has 0 N–H and O–H groups in total. The Morgan fingerprint density at radius 2 is 1.72 bits per heavy atom. The first-order valence-electron chi connectivity index (χ1n) is 9.71. The lowest BCUT2D eigenvalue weighted by atomic mass is 10.2. The number of hydrogen-bond acceptors (Lipinski definition) is 4. The number of pyridine rings is 1. The molecule has 0 bridgehead atoms. The molecule has 6 nitrogen and oxygen atoms in total. The highest BCUT2D eigenvalue weighted by Gasteiger charge is 2.15. The monoisotopic (exact) mass is 387 g/mol. The highest BCUT2D eigenvalue weighted by Crippen LogP contribution is 2.19. The average Bonchev–Trinajstić information content (AvgIpc) is 2.96. The zero-order valence-corrected chi connectivity index (χ0v) is 17.3. The summed E-state index contributed by atoms with van der Waals surface area (Å²) in [5.41, 5.74) is 6.70. The Balaban J connectivity index is 1.58. The number of nitrogens with zero attached hydrogens (tertiary/aromatic N) is 5. The van der Waals surface area contributed by atoms with E-state index in [-0.39, 0.29) is 5.56 Å². The van der Waals surface area contributed by atoms with Crippen molar-refractivity contribution in [3.8, 4) is 5.69 Å². The third-order valence-corrected chi connectivity index (χ3v) is 5.24. The summed E-state index contributed by atoms with van der Waals surface area (Å²) >= 11 is 0. The average molecular weight is 387 g/mol. The molecule has 4 aromatic rings. The Bertz CT molecular complexity index is 1220. The molecular weight excluding hydrogens is 362 g/mol. The van der Waals surface area contributed by atoms with Crippen LogP contribution in [0.4, 0.5) is 0 Å². The van der Waals surface area contributed by atoms with Crippen LogP contribution in [-0.4, -0.2) is 31.1 Å². The van der Waals surface area contributed by atoms with Crippen molar-refractivity contribution in [3.05, 3.63) is 93.3 Å². The van der Waals surface area contributed by atoms with Gasteiger partial charge in [-0.1, -0.05) is 24.3 Å². The summed E-state index contributed by atoms with van der Waals surface area (Å²) in [6.07, 6.45) is 0. The fourth-order valence-corrected chi connectivity index (χ4v) is 3.77. The van der Waals surface area contributed by atoms with E-state index in [1.807, 2.05) is 62.0 Å². The van der Waals surface area contributed by atoms with Crippen LogP contribution in [0.15, 0.2) is 59.4 Å². The van der Waals surface area contributed by atoms with Crippen molar-refractivity contribution in [2.75, 3.05) is 7.05 Å². The van der Waals surface area contributed by atoms with Crippen molar-refractivity contribution in [2.45, 2.75) is 33.9 Å². The normalized spacial score (nSPS) is 11.5. The molecule has 3 heterocycles. The zero-order chi connectivity index (χ0) is 20.5.